The molecule has 2 aliphatic carbocycles. The number of ketones is 2. The molecule has 0 fully saturated rings. The van der Waals surface area contributed by atoms with Crippen LogP contribution in [-0.4, -0.2) is 56.2 Å². The first kappa shape index (κ1) is 25.8. The average Bonchev–Trinajstić information content (AvgIpc) is 3.12. The second-order valence-electron chi connectivity index (χ2n) is 11.1. The molecule has 0 unspecified atom stereocenters. The Morgan fingerprint density at radius 3 is 2.45 bits per heavy atom. The fraction of sp³-hybridized carbons (Fsp3) is 0.720. The number of ether oxygens (including phenoxy) is 1. The zero-order chi connectivity index (χ0) is 24.8. The molecule has 7 nitrogen and oxygen atoms in total. The van der Waals surface area contributed by atoms with E-state index in [0.717, 1.165) is 24.8 Å². The molecular weight excluding hydrogens is 436 g/mol. The van der Waals surface area contributed by atoms with Gasteiger partial charge in [0.15, 0.2) is 25.5 Å². The standard InChI is InChI=1S/C25H40N2O5Si/c1-10-12-13-30-23-19-21(31-26-23)20(27(6)7)17-14-16(11-2)15-18(28)25(17,22(19)29)32-33(8,9)24(3,4)5/h15,17,20H,10-14H2,1-9H3/t17-,20-,25-/m0/s1. The quantitative estimate of drug-likeness (QED) is 0.284. The van der Waals surface area contributed by atoms with Gasteiger partial charge in [-0.15, -0.1) is 0 Å². The largest absolute Gasteiger partial charge is 0.475 e. The Morgan fingerprint density at radius 2 is 1.91 bits per heavy atom. The minimum atomic E-state index is -2.52. The SMILES string of the molecule is CCCCOc1noc2c1C(=O)[C@@]1(O[Si](C)(C)C(C)(C)C)C(=O)C=C(CC)C[C@H]1[C@@H]2N(C)C. The Morgan fingerprint density at radius 1 is 1.24 bits per heavy atom. The van der Waals surface area contributed by atoms with E-state index in [-0.39, 0.29) is 34.1 Å². The van der Waals surface area contributed by atoms with Gasteiger partial charge < -0.3 is 13.7 Å². The second-order valence-corrected chi connectivity index (χ2v) is 15.8. The molecule has 3 rings (SSSR count). The number of allylic oxidation sites excluding steroid dienone is 1. The number of Topliss-reactive ketones (excluding diaryl/α,β-unsaturated/α-hetero) is 1. The van der Waals surface area contributed by atoms with Gasteiger partial charge in [0.05, 0.1) is 12.6 Å². The number of hydrogen-bond donors (Lipinski definition) is 0. The van der Waals surface area contributed by atoms with E-state index in [1.165, 1.54) is 0 Å². The first-order valence-electron chi connectivity index (χ1n) is 12.1. The van der Waals surface area contributed by atoms with Crippen molar-refractivity contribution in [3.05, 3.63) is 23.0 Å². The Labute approximate surface area is 199 Å². The van der Waals surface area contributed by atoms with Crippen LogP contribution < -0.4 is 4.74 Å². The minimum Gasteiger partial charge on any atom is -0.475 e. The Balaban J connectivity index is 2.25. The van der Waals surface area contributed by atoms with Crippen LogP contribution in [0, 0.1) is 5.92 Å². The number of unbranched alkanes of at least 4 members (excludes halogenated alkanes) is 1. The molecule has 1 aromatic heterocycles. The van der Waals surface area contributed by atoms with Gasteiger partial charge in [0.1, 0.15) is 5.56 Å². The predicted molar refractivity (Wildman–Crippen MR) is 130 cm³/mol. The molecule has 184 valence electrons. The van der Waals surface area contributed by atoms with Crippen molar-refractivity contribution >= 4 is 19.9 Å². The van der Waals surface area contributed by atoms with E-state index in [9.17, 15) is 9.59 Å². The van der Waals surface area contributed by atoms with Crippen molar-refractivity contribution in [3.8, 4) is 5.88 Å². The fourth-order valence-corrected chi connectivity index (χ4v) is 6.08. The predicted octanol–water partition coefficient (Wildman–Crippen LogP) is 5.34. The van der Waals surface area contributed by atoms with Gasteiger partial charge in [-0.05, 0) is 62.7 Å². The number of carbonyl (C=O) groups is 2. The van der Waals surface area contributed by atoms with Crippen molar-refractivity contribution in [2.24, 2.45) is 5.92 Å². The molecule has 0 aromatic carbocycles. The second kappa shape index (κ2) is 9.11. The van der Waals surface area contributed by atoms with Crippen LogP contribution in [0.5, 0.6) is 5.88 Å². The number of nitrogens with zero attached hydrogens (tertiary/aromatic N) is 2. The van der Waals surface area contributed by atoms with Gasteiger partial charge in [0.25, 0.3) is 5.88 Å². The molecule has 3 atom stereocenters. The third kappa shape index (κ3) is 4.26. The summed E-state index contributed by atoms with van der Waals surface area (Å²) >= 11 is 0. The third-order valence-electron chi connectivity index (χ3n) is 7.58. The maximum absolute atomic E-state index is 14.3. The summed E-state index contributed by atoms with van der Waals surface area (Å²) in [6, 6.07) is -0.335. The molecule has 0 radical (unpaired) electrons. The first-order chi connectivity index (χ1) is 15.3. The van der Waals surface area contributed by atoms with Gasteiger partial charge in [0, 0.05) is 5.92 Å². The van der Waals surface area contributed by atoms with Crippen molar-refractivity contribution < 1.29 is 23.3 Å². The van der Waals surface area contributed by atoms with Crippen LogP contribution in [0.15, 0.2) is 16.2 Å². The normalized spacial score (nSPS) is 25.7. The average molecular weight is 477 g/mol. The van der Waals surface area contributed by atoms with Crippen LogP contribution in [-0.2, 0) is 9.22 Å². The zero-order valence-corrected chi connectivity index (χ0v) is 22.7. The highest BCUT2D eigenvalue weighted by Gasteiger charge is 2.65. The molecule has 0 spiro atoms. The van der Waals surface area contributed by atoms with Gasteiger partial charge in [-0.25, -0.2) is 0 Å². The molecule has 0 aliphatic heterocycles. The maximum Gasteiger partial charge on any atom is 0.265 e. The highest BCUT2D eigenvalue weighted by molar-refractivity contribution is 6.74. The van der Waals surface area contributed by atoms with E-state index in [0.29, 0.717) is 18.8 Å². The molecule has 8 heteroatoms. The molecule has 1 aromatic rings. The van der Waals surface area contributed by atoms with Gasteiger partial charge in [-0.2, -0.15) is 0 Å². The van der Waals surface area contributed by atoms with Crippen LogP contribution in [0.25, 0.3) is 0 Å². The van der Waals surface area contributed by atoms with Gasteiger partial charge >= 0.3 is 0 Å². The third-order valence-corrected chi connectivity index (χ3v) is 12.0. The van der Waals surface area contributed by atoms with Crippen molar-refractivity contribution in [2.45, 2.75) is 90.1 Å². The lowest BCUT2D eigenvalue weighted by Crippen LogP contribution is -2.66. The maximum atomic E-state index is 14.3. The fourth-order valence-electron chi connectivity index (χ4n) is 4.62. The lowest BCUT2D eigenvalue weighted by molar-refractivity contribution is -0.135. The molecule has 0 amide bonds. The summed E-state index contributed by atoms with van der Waals surface area (Å²) < 4.78 is 18.5. The van der Waals surface area contributed by atoms with Crippen molar-refractivity contribution in [1.29, 1.82) is 0 Å². The Kier molecular flexibility index (Phi) is 7.14. The Bertz CT molecular complexity index is 943. The van der Waals surface area contributed by atoms with Crippen LogP contribution in [0.4, 0.5) is 0 Å². The first-order valence-corrected chi connectivity index (χ1v) is 15.0. The van der Waals surface area contributed by atoms with Crippen LogP contribution in [0.3, 0.4) is 0 Å². The molecular formula is C25H40N2O5Si. The molecule has 0 N–H and O–H groups in total. The molecule has 1 heterocycles. The molecule has 0 saturated carbocycles. The summed E-state index contributed by atoms with van der Waals surface area (Å²) in [6.07, 6.45) is 4.78. The van der Waals surface area contributed by atoms with Gasteiger partial charge in [0.2, 0.25) is 5.78 Å². The monoisotopic (exact) mass is 476 g/mol. The number of fused-ring (bicyclic) bond motifs is 2. The lowest BCUT2D eigenvalue weighted by atomic mass is 9.63. The topological polar surface area (TPSA) is 81.9 Å². The summed E-state index contributed by atoms with van der Waals surface area (Å²) in [4.78, 5) is 30.2. The van der Waals surface area contributed by atoms with Crippen molar-refractivity contribution in [2.75, 3.05) is 20.7 Å². The van der Waals surface area contributed by atoms with Gasteiger partial charge in [-0.3, -0.25) is 14.5 Å². The zero-order valence-electron chi connectivity index (χ0n) is 21.7. The highest BCUT2D eigenvalue weighted by atomic mass is 28.4. The van der Waals surface area contributed by atoms with Gasteiger partial charge in [-0.1, -0.05) is 46.6 Å². The number of aromatic nitrogens is 1. The summed E-state index contributed by atoms with van der Waals surface area (Å²) in [7, 11) is 1.36. The lowest BCUT2D eigenvalue weighted by Gasteiger charge is -2.52. The molecule has 33 heavy (non-hydrogen) atoms. The smallest absolute Gasteiger partial charge is 0.265 e. The molecule has 0 bridgehead atoms. The summed E-state index contributed by atoms with van der Waals surface area (Å²) in [6.45, 7) is 15.1. The van der Waals surface area contributed by atoms with E-state index in [1.807, 2.05) is 25.9 Å². The minimum absolute atomic E-state index is 0.171. The van der Waals surface area contributed by atoms with Crippen LogP contribution >= 0.6 is 0 Å². The van der Waals surface area contributed by atoms with Crippen LogP contribution in [0.2, 0.25) is 18.1 Å². The molecule has 2 aliphatic rings. The number of hydrogen-bond acceptors (Lipinski definition) is 7. The van der Waals surface area contributed by atoms with E-state index >= 15 is 0 Å². The Hall–Kier alpha value is -1.77. The summed E-state index contributed by atoms with van der Waals surface area (Å²) in [5.74, 6) is -0.380. The number of carbonyl (C=O) groups excluding carboxylic acids is 2. The number of rotatable bonds is 8. The van der Waals surface area contributed by atoms with Crippen LogP contribution in [0.1, 0.15) is 82.5 Å². The van der Waals surface area contributed by atoms with Crippen molar-refractivity contribution in [3.63, 3.8) is 0 Å². The molecule has 0 saturated heterocycles. The highest BCUT2D eigenvalue weighted by Crippen LogP contribution is 2.54. The summed E-state index contributed by atoms with van der Waals surface area (Å²) in [5, 5.41) is 3.96. The van der Waals surface area contributed by atoms with E-state index in [2.05, 4.69) is 45.9 Å². The van der Waals surface area contributed by atoms with Crippen molar-refractivity contribution in [1.82, 2.24) is 10.1 Å². The summed E-state index contributed by atoms with van der Waals surface area (Å²) in [5.41, 5.74) is -0.305. The van der Waals surface area contributed by atoms with E-state index < -0.39 is 19.8 Å². The van der Waals surface area contributed by atoms with E-state index in [4.69, 9.17) is 13.7 Å². The van der Waals surface area contributed by atoms with E-state index in [1.54, 1.807) is 6.08 Å².